The highest BCUT2D eigenvalue weighted by Crippen LogP contribution is 2.42. The van der Waals surface area contributed by atoms with Crippen LogP contribution in [-0.4, -0.2) is 42.4 Å². The Morgan fingerprint density at radius 1 is 1.10 bits per heavy atom. The first-order valence-corrected chi connectivity index (χ1v) is 11.0. The van der Waals surface area contributed by atoms with Gasteiger partial charge in [-0.05, 0) is 44.7 Å². The van der Waals surface area contributed by atoms with Crippen LogP contribution in [0.1, 0.15) is 45.4 Å². The average Bonchev–Trinajstić information content (AvgIpc) is 3.04. The van der Waals surface area contributed by atoms with Gasteiger partial charge >= 0.3 is 5.97 Å². The number of anilines is 2. The molecule has 4 rings (SSSR count). The Balaban J connectivity index is 1.56. The summed E-state index contributed by atoms with van der Waals surface area (Å²) in [5.41, 5.74) is 0.566. The molecule has 31 heavy (non-hydrogen) atoms. The molecule has 1 saturated carbocycles. The molecule has 166 valence electrons. The minimum atomic E-state index is -0.478. The molecular formula is C22H27N3O6. The number of carbonyl (C=O) groups excluding carboxylic acids is 3. The number of esters is 1. The lowest BCUT2D eigenvalue weighted by Gasteiger charge is -2.32. The number of nitrogens with zero attached hydrogens (tertiary/aromatic N) is 3. The summed E-state index contributed by atoms with van der Waals surface area (Å²) in [5, 5.41) is 11.8. The van der Waals surface area contributed by atoms with Gasteiger partial charge in [0.1, 0.15) is 5.69 Å². The second-order valence-electron chi connectivity index (χ2n) is 8.45. The number of hydrogen-bond acceptors (Lipinski definition) is 7. The molecule has 2 atom stereocenters. The van der Waals surface area contributed by atoms with E-state index in [2.05, 4.69) is 0 Å². The van der Waals surface area contributed by atoms with Crippen molar-refractivity contribution in [2.24, 2.45) is 17.8 Å². The van der Waals surface area contributed by atoms with Gasteiger partial charge in [-0.25, -0.2) is 4.90 Å². The Labute approximate surface area is 180 Å². The lowest BCUT2D eigenvalue weighted by atomic mass is 9.81. The summed E-state index contributed by atoms with van der Waals surface area (Å²) in [6, 6.07) is 4.56. The highest BCUT2D eigenvalue weighted by atomic mass is 16.6. The molecule has 2 saturated heterocycles. The summed E-state index contributed by atoms with van der Waals surface area (Å²) in [7, 11) is 0. The van der Waals surface area contributed by atoms with Gasteiger partial charge in [0.15, 0.2) is 0 Å². The van der Waals surface area contributed by atoms with Gasteiger partial charge in [0.25, 0.3) is 5.69 Å². The molecule has 0 unspecified atom stereocenters. The maximum atomic E-state index is 12.9. The second-order valence-corrected chi connectivity index (χ2v) is 8.45. The zero-order chi connectivity index (χ0) is 22.1. The van der Waals surface area contributed by atoms with Crippen molar-refractivity contribution < 1.29 is 24.0 Å². The highest BCUT2D eigenvalue weighted by Gasteiger charge is 2.49. The van der Waals surface area contributed by atoms with E-state index in [-0.39, 0.29) is 46.9 Å². The molecule has 2 aliphatic heterocycles. The standard InChI is InChI=1S/C22H27N3O6/c1-2-31-22(28)14-9-11-23(12-10-14)18-8-7-15(13-19(18)25(29)30)24-20(26)16-5-3-4-6-17(16)21(24)27/h7-8,13-14,16-17H,2-6,9-12H2,1H3/t16-,17+. The van der Waals surface area contributed by atoms with Crippen LogP contribution in [0.5, 0.6) is 0 Å². The summed E-state index contributed by atoms with van der Waals surface area (Å²) in [6.07, 6.45) is 4.36. The van der Waals surface area contributed by atoms with Crippen molar-refractivity contribution in [2.75, 3.05) is 29.5 Å². The summed E-state index contributed by atoms with van der Waals surface area (Å²) in [4.78, 5) is 52.0. The predicted octanol–water partition coefficient (Wildman–Crippen LogP) is 3.05. The lowest BCUT2D eigenvalue weighted by molar-refractivity contribution is -0.384. The van der Waals surface area contributed by atoms with Gasteiger partial charge < -0.3 is 9.64 Å². The third-order valence-corrected chi connectivity index (χ3v) is 6.71. The van der Waals surface area contributed by atoms with Gasteiger partial charge in [0, 0.05) is 19.2 Å². The topological polar surface area (TPSA) is 110 Å². The molecule has 0 aromatic heterocycles. The zero-order valence-electron chi connectivity index (χ0n) is 17.6. The van der Waals surface area contributed by atoms with Crippen LogP contribution in [0, 0.1) is 27.9 Å². The molecule has 2 amide bonds. The van der Waals surface area contributed by atoms with Crippen molar-refractivity contribution in [3.63, 3.8) is 0 Å². The zero-order valence-corrected chi connectivity index (χ0v) is 17.6. The normalized spacial score (nSPS) is 24.3. The maximum absolute atomic E-state index is 12.9. The van der Waals surface area contributed by atoms with Crippen molar-refractivity contribution in [3.8, 4) is 0 Å². The molecule has 0 radical (unpaired) electrons. The van der Waals surface area contributed by atoms with Crippen molar-refractivity contribution in [2.45, 2.75) is 45.4 Å². The fraction of sp³-hybridized carbons (Fsp3) is 0.591. The Morgan fingerprint density at radius 2 is 1.71 bits per heavy atom. The third kappa shape index (κ3) is 3.88. The molecule has 2 heterocycles. The van der Waals surface area contributed by atoms with E-state index in [9.17, 15) is 24.5 Å². The molecule has 0 spiro atoms. The van der Waals surface area contributed by atoms with Crippen LogP contribution in [0.15, 0.2) is 18.2 Å². The van der Waals surface area contributed by atoms with E-state index in [1.165, 1.54) is 6.07 Å². The highest BCUT2D eigenvalue weighted by molar-refractivity contribution is 6.22. The Kier molecular flexibility index (Phi) is 5.93. The first-order chi connectivity index (χ1) is 14.9. The number of benzene rings is 1. The second kappa shape index (κ2) is 8.64. The first-order valence-electron chi connectivity index (χ1n) is 11.0. The van der Waals surface area contributed by atoms with Crippen LogP contribution in [0.3, 0.4) is 0 Å². The minimum Gasteiger partial charge on any atom is -0.466 e. The van der Waals surface area contributed by atoms with Crippen LogP contribution in [0.2, 0.25) is 0 Å². The number of rotatable bonds is 5. The van der Waals surface area contributed by atoms with Crippen LogP contribution >= 0.6 is 0 Å². The van der Waals surface area contributed by atoms with Crippen molar-refractivity contribution in [1.29, 1.82) is 0 Å². The van der Waals surface area contributed by atoms with Gasteiger partial charge in [-0.3, -0.25) is 24.5 Å². The summed E-state index contributed by atoms with van der Waals surface area (Å²) in [5.74, 6) is -1.51. The number of nitro benzene ring substituents is 1. The molecule has 1 aromatic carbocycles. The average molecular weight is 429 g/mol. The maximum Gasteiger partial charge on any atom is 0.309 e. The lowest BCUT2D eigenvalue weighted by Crippen LogP contribution is -2.37. The number of ether oxygens (including phenoxy) is 1. The van der Waals surface area contributed by atoms with Crippen molar-refractivity contribution in [3.05, 3.63) is 28.3 Å². The monoisotopic (exact) mass is 429 g/mol. The Bertz CT molecular complexity index is 885. The molecule has 0 bridgehead atoms. The summed E-state index contributed by atoms with van der Waals surface area (Å²) < 4.78 is 5.08. The number of carbonyl (C=O) groups is 3. The van der Waals surface area contributed by atoms with Crippen LogP contribution < -0.4 is 9.80 Å². The van der Waals surface area contributed by atoms with Crippen LogP contribution in [0.4, 0.5) is 17.1 Å². The third-order valence-electron chi connectivity index (χ3n) is 6.71. The molecule has 3 aliphatic rings. The van der Waals surface area contributed by atoms with E-state index in [1.807, 2.05) is 4.90 Å². The summed E-state index contributed by atoms with van der Waals surface area (Å²) in [6.45, 7) is 3.09. The van der Waals surface area contributed by atoms with E-state index >= 15 is 0 Å². The van der Waals surface area contributed by atoms with Gasteiger partial charge in [0.05, 0.1) is 35.0 Å². The number of fused-ring (bicyclic) bond motifs is 1. The number of nitro groups is 1. The van der Waals surface area contributed by atoms with Crippen LogP contribution in [0.25, 0.3) is 0 Å². The van der Waals surface area contributed by atoms with Crippen molar-refractivity contribution in [1.82, 2.24) is 0 Å². The van der Waals surface area contributed by atoms with Gasteiger partial charge in [-0.15, -0.1) is 0 Å². The van der Waals surface area contributed by atoms with E-state index < -0.39 is 4.92 Å². The molecule has 3 fully saturated rings. The quantitative estimate of drug-likeness (QED) is 0.306. The minimum absolute atomic E-state index is 0.137. The van der Waals surface area contributed by atoms with Gasteiger partial charge in [-0.1, -0.05) is 12.8 Å². The Morgan fingerprint density at radius 3 is 2.26 bits per heavy atom. The number of imide groups is 1. The smallest absolute Gasteiger partial charge is 0.309 e. The van der Waals surface area contributed by atoms with Gasteiger partial charge in [0.2, 0.25) is 11.8 Å². The molecule has 9 nitrogen and oxygen atoms in total. The fourth-order valence-corrected chi connectivity index (χ4v) is 5.10. The van der Waals surface area contributed by atoms with Gasteiger partial charge in [-0.2, -0.15) is 0 Å². The molecule has 1 aromatic rings. The van der Waals surface area contributed by atoms with E-state index in [4.69, 9.17) is 4.74 Å². The largest absolute Gasteiger partial charge is 0.466 e. The van der Waals surface area contributed by atoms with E-state index in [0.29, 0.717) is 51.1 Å². The Hall–Kier alpha value is -2.97. The predicted molar refractivity (Wildman–Crippen MR) is 113 cm³/mol. The molecule has 9 heteroatoms. The van der Waals surface area contributed by atoms with E-state index in [1.54, 1.807) is 19.1 Å². The SMILES string of the molecule is CCOC(=O)C1CCN(c2ccc(N3C(=O)[C@H]4CCCC[C@H]4C3=O)cc2[N+](=O)[O-])CC1. The summed E-state index contributed by atoms with van der Waals surface area (Å²) >= 11 is 0. The number of amides is 2. The number of piperidine rings is 1. The number of hydrogen-bond donors (Lipinski definition) is 0. The molecule has 0 N–H and O–H groups in total. The molecule has 1 aliphatic carbocycles. The molecular weight excluding hydrogens is 402 g/mol. The fourth-order valence-electron chi connectivity index (χ4n) is 5.10. The van der Waals surface area contributed by atoms with E-state index in [0.717, 1.165) is 17.7 Å². The first kappa shape index (κ1) is 21.3. The van der Waals surface area contributed by atoms with Crippen LogP contribution in [-0.2, 0) is 19.1 Å². The van der Waals surface area contributed by atoms with Crippen molar-refractivity contribution >= 4 is 34.8 Å².